The number of anilines is 1. The zero-order valence-corrected chi connectivity index (χ0v) is 13.2. The van der Waals surface area contributed by atoms with Crippen molar-refractivity contribution in [3.05, 3.63) is 36.0 Å². The van der Waals surface area contributed by atoms with E-state index in [0.717, 1.165) is 35.2 Å². The number of benzene rings is 1. The standard InChI is InChI=1S/C18H26N2O/c1-3-5-11-20(12-6-4-2)18-17-10-8-7-9-16(17)15(14-21)13-19-18/h7-10,13,21H,3-6,11-12,14H2,1-2H3. The van der Waals surface area contributed by atoms with Crippen molar-refractivity contribution in [2.24, 2.45) is 0 Å². The van der Waals surface area contributed by atoms with E-state index in [-0.39, 0.29) is 6.61 Å². The normalized spacial score (nSPS) is 11.0. The molecule has 114 valence electrons. The lowest BCUT2D eigenvalue weighted by Crippen LogP contribution is -2.26. The van der Waals surface area contributed by atoms with Crippen LogP contribution in [0, 0.1) is 0 Å². The van der Waals surface area contributed by atoms with Crippen LogP contribution in [-0.4, -0.2) is 23.2 Å². The molecule has 3 heteroatoms. The Morgan fingerprint density at radius 3 is 2.19 bits per heavy atom. The highest BCUT2D eigenvalue weighted by Crippen LogP contribution is 2.27. The molecule has 1 N–H and O–H groups in total. The van der Waals surface area contributed by atoms with Gasteiger partial charge in [-0.1, -0.05) is 51.0 Å². The van der Waals surface area contributed by atoms with Crippen LogP contribution in [0.3, 0.4) is 0 Å². The Balaban J connectivity index is 2.41. The number of aliphatic hydroxyl groups excluding tert-OH is 1. The van der Waals surface area contributed by atoms with Gasteiger partial charge in [0.15, 0.2) is 0 Å². The molecule has 0 fully saturated rings. The van der Waals surface area contributed by atoms with E-state index in [1.165, 1.54) is 25.7 Å². The van der Waals surface area contributed by atoms with Crippen LogP contribution in [0.5, 0.6) is 0 Å². The molecule has 0 atom stereocenters. The van der Waals surface area contributed by atoms with E-state index in [4.69, 9.17) is 0 Å². The maximum Gasteiger partial charge on any atom is 0.136 e. The summed E-state index contributed by atoms with van der Waals surface area (Å²) in [7, 11) is 0. The number of pyridine rings is 1. The molecule has 2 rings (SSSR count). The zero-order valence-electron chi connectivity index (χ0n) is 13.2. The van der Waals surface area contributed by atoms with Crippen molar-refractivity contribution < 1.29 is 5.11 Å². The molecular formula is C18H26N2O. The molecule has 0 aliphatic rings. The molecule has 0 bridgehead atoms. The Bertz CT molecular complexity index is 560. The van der Waals surface area contributed by atoms with Gasteiger partial charge in [0.25, 0.3) is 0 Å². The van der Waals surface area contributed by atoms with Gasteiger partial charge in [-0.25, -0.2) is 4.98 Å². The molecule has 0 spiro atoms. The van der Waals surface area contributed by atoms with E-state index in [0.29, 0.717) is 0 Å². The SMILES string of the molecule is CCCCN(CCCC)c1ncc(CO)c2ccccc12. The maximum absolute atomic E-state index is 9.49. The monoisotopic (exact) mass is 286 g/mol. The van der Waals surface area contributed by atoms with Gasteiger partial charge >= 0.3 is 0 Å². The van der Waals surface area contributed by atoms with E-state index in [9.17, 15) is 5.11 Å². The van der Waals surface area contributed by atoms with E-state index in [1.54, 1.807) is 0 Å². The first-order chi connectivity index (χ1) is 10.3. The number of aromatic nitrogens is 1. The number of hydrogen-bond donors (Lipinski definition) is 1. The molecule has 0 aliphatic carbocycles. The first-order valence-electron chi connectivity index (χ1n) is 8.04. The molecule has 1 aromatic heterocycles. The first-order valence-corrected chi connectivity index (χ1v) is 8.04. The summed E-state index contributed by atoms with van der Waals surface area (Å²) in [6.07, 6.45) is 6.57. The van der Waals surface area contributed by atoms with E-state index in [2.05, 4.69) is 35.9 Å². The fraction of sp³-hybridized carbons (Fsp3) is 0.500. The molecule has 1 aromatic carbocycles. The molecule has 3 nitrogen and oxygen atoms in total. The highest BCUT2D eigenvalue weighted by atomic mass is 16.3. The van der Waals surface area contributed by atoms with E-state index in [1.807, 2.05) is 18.3 Å². The second-order valence-corrected chi connectivity index (χ2v) is 5.50. The summed E-state index contributed by atoms with van der Waals surface area (Å²) in [5.74, 6) is 1.06. The van der Waals surface area contributed by atoms with E-state index < -0.39 is 0 Å². The summed E-state index contributed by atoms with van der Waals surface area (Å²) in [6, 6.07) is 8.26. The third-order valence-corrected chi connectivity index (χ3v) is 3.89. The number of nitrogens with zero attached hydrogens (tertiary/aromatic N) is 2. The smallest absolute Gasteiger partial charge is 0.136 e. The predicted octanol–water partition coefficient (Wildman–Crippen LogP) is 4.13. The molecular weight excluding hydrogens is 260 g/mol. The van der Waals surface area contributed by atoms with Crippen LogP contribution in [-0.2, 0) is 6.61 Å². The highest BCUT2D eigenvalue weighted by Gasteiger charge is 2.12. The lowest BCUT2D eigenvalue weighted by molar-refractivity contribution is 0.283. The van der Waals surface area contributed by atoms with Crippen molar-refractivity contribution in [2.75, 3.05) is 18.0 Å². The van der Waals surface area contributed by atoms with Crippen LogP contribution in [0.4, 0.5) is 5.82 Å². The molecule has 2 aromatic rings. The molecule has 0 saturated carbocycles. The average Bonchev–Trinajstić information content (AvgIpc) is 2.54. The number of hydrogen-bond acceptors (Lipinski definition) is 3. The Kier molecular flexibility index (Phi) is 6.00. The van der Waals surface area contributed by atoms with Gasteiger partial charge in [0.05, 0.1) is 6.61 Å². The summed E-state index contributed by atoms with van der Waals surface area (Å²) >= 11 is 0. The van der Waals surface area contributed by atoms with Crippen molar-refractivity contribution in [3.63, 3.8) is 0 Å². The van der Waals surface area contributed by atoms with Crippen LogP contribution in [0.15, 0.2) is 30.5 Å². The van der Waals surface area contributed by atoms with Gasteiger partial charge in [-0.05, 0) is 18.2 Å². The van der Waals surface area contributed by atoms with Crippen LogP contribution in [0.2, 0.25) is 0 Å². The van der Waals surface area contributed by atoms with Crippen molar-refractivity contribution in [1.29, 1.82) is 0 Å². The minimum absolute atomic E-state index is 0.0394. The van der Waals surface area contributed by atoms with Crippen LogP contribution in [0.25, 0.3) is 10.8 Å². The summed E-state index contributed by atoms with van der Waals surface area (Å²) in [6.45, 7) is 6.58. The fourth-order valence-corrected chi connectivity index (χ4v) is 2.64. The molecule has 1 heterocycles. The number of fused-ring (bicyclic) bond motifs is 1. The van der Waals surface area contributed by atoms with Crippen LogP contribution >= 0.6 is 0 Å². The minimum Gasteiger partial charge on any atom is -0.392 e. The quantitative estimate of drug-likeness (QED) is 0.792. The molecule has 0 unspecified atom stereocenters. The van der Waals surface area contributed by atoms with Crippen molar-refractivity contribution in [1.82, 2.24) is 4.98 Å². The van der Waals surface area contributed by atoms with Crippen LogP contribution < -0.4 is 4.90 Å². The maximum atomic E-state index is 9.49. The average molecular weight is 286 g/mol. The largest absolute Gasteiger partial charge is 0.392 e. The molecule has 0 saturated heterocycles. The van der Waals surface area contributed by atoms with Crippen molar-refractivity contribution in [3.8, 4) is 0 Å². The second-order valence-electron chi connectivity index (χ2n) is 5.50. The zero-order chi connectivity index (χ0) is 15.1. The topological polar surface area (TPSA) is 36.4 Å². The van der Waals surface area contributed by atoms with Gasteiger partial charge in [0.2, 0.25) is 0 Å². The lowest BCUT2D eigenvalue weighted by Gasteiger charge is -2.25. The molecule has 0 amide bonds. The summed E-state index contributed by atoms with van der Waals surface area (Å²) in [5.41, 5.74) is 0.903. The van der Waals surface area contributed by atoms with Gasteiger partial charge in [-0.15, -0.1) is 0 Å². The van der Waals surface area contributed by atoms with Gasteiger partial charge in [-0.3, -0.25) is 0 Å². The number of unbranched alkanes of at least 4 members (excludes halogenated alkanes) is 2. The Morgan fingerprint density at radius 1 is 1.00 bits per heavy atom. The second kappa shape index (κ2) is 7.99. The summed E-state index contributed by atoms with van der Waals surface area (Å²) in [4.78, 5) is 7.05. The van der Waals surface area contributed by atoms with Crippen molar-refractivity contribution >= 4 is 16.6 Å². The third-order valence-electron chi connectivity index (χ3n) is 3.89. The highest BCUT2D eigenvalue weighted by molar-refractivity contribution is 5.94. The summed E-state index contributed by atoms with van der Waals surface area (Å²) in [5, 5.41) is 11.8. The Labute approximate surface area is 127 Å². The van der Waals surface area contributed by atoms with Gasteiger partial charge in [0.1, 0.15) is 5.82 Å². The van der Waals surface area contributed by atoms with Crippen molar-refractivity contribution in [2.45, 2.75) is 46.1 Å². The van der Waals surface area contributed by atoms with Gasteiger partial charge < -0.3 is 10.0 Å². The predicted molar refractivity (Wildman–Crippen MR) is 89.7 cm³/mol. The minimum atomic E-state index is 0.0394. The number of rotatable bonds is 8. The number of aliphatic hydroxyl groups is 1. The molecule has 0 radical (unpaired) electrons. The molecule has 21 heavy (non-hydrogen) atoms. The fourth-order valence-electron chi connectivity index (χ4n) is 2.64. The lowest BCUT2D eigenvalue weighted by atomic mass is 10.1. The van der Waals surface area contributed by atoms with Crippen LogP contribution in [0.1, 0.15) is 45.1 Å². The Hall–Kier alpha value is -1.61. The molecule has 0 aliphatic heterocycles. The third kappa shape index (κ3) is 3.73. The first kappa shape index (κ1) is 15.8. The Morgan fingerprint density at radius 2 is 1.62 bits per heavy atom. The van der Waals surface area contributed by atoms with Gasteiger partial charge in [0, 0.05) is 30.2 Å². The summed E-state index contributed by atoms with van der Waals surface area (Å²) < 4.78 is 0. The van der Waals surface area contributed by atoms with Gasteiger partial charge in [-0.2, -0.15) is 0 Å². The van der Waals surface area contributed by atoms with E-state index >= 15 is 0 Å².